The van der Waals surface area contributed by atoms with Gasteiger partial charge in [0.05, 0.1) is 19.2 Å². The molecular formula is C15H23NO3. The van der Waals surface area contributed by atoms with Gasteiger partial charge in [-0.1, -0.05) is 25.7 Å². The van der Waals surface area contributed by atoms with Crippen LogP contribution in [0, 0.1) is 5.92 Å². The van der Waals surface area contributed by atoms with E-state index in [1.807, 2.05) is 0 Å². The first-order valence-electron chi connectivity index (χ1n) is 7.16. The van der Waals surface area contributed by atoms with Crippen molar-refractivity contribution < 1.29 is 13.9 Å². The summed E-state index contributed by atoms with van der Waals surface area (Å²) in [5.74, 6) is 1.38. The van der Waals surface area contributed by atoms with Crippen molar-refractivity contribution in [2.45, 2.75) is 45.1 Å². The summed E-state index contributed by atoms with van der Waals surface area (Å²) in [5.41, 5.74) is 0.477. The second kappa shape index (κ2) is 7.34. The van der Waals surface area contributed by atoms with Crippen LogP contribution in [0.5, 0.6) is 0 Å². The largest absolute Gasteiger partial charge is 0.467 e. The summed E-state index contributed by atoms with van der Waals surface area (Å²) >= 11 is 0. The van der Waals surface area contributed by atoms with E-state index >= 15 is 0 Å². The Labute approximate surface area is 114 Å². The lowest BCUT2D eigenvalue weighted by Gasteiger charge is -2.08. The van der Waals surface area contributed by atoms with E-state index in [0.29, 0.717) is 12.1 Å². The Bertz CT molecular complexity index is 394. The topological polar surface area (TPSA) is 51.5 Å². The predicted octanol–water partition coefficient (Wildman–Crippen LogP) is 3.13. The van der Waals surface area contributed by atoms with Crippen LogP contribution in [-0.4, -0.2) is 19.6 Å². The van der Waals surface area contributed by atoms with Crippen LogP contribution in [0.1, 0.15) is 54.6 Å². The van der Waals surface area contributed by atoms with Gasteiger partial charge in [0.15, 0.2) is 0 Å². The van der Waals surface area contributed by atoms with Gasteiger partial charge in [-0.25, -0.2) is 4.79 Å². The summed E-state index contributed by atoms with van der Waals surface area (Å²) in [7, 11) is 1.37. The Hall–Kier alpha value is -1.29. The standard InChI is InChI=1S/C15H23NO3/c1-18-15(17)13-9-14(19-11-13)10-16-8-4-7-12-5-2-3-6-12/h9,11-12,16H,2-8,10H2,1H3. The van der Waals surface area contributed by atoms with Crippen molar-refractivity contribution in [3.8, 4) is 0 Å². The van der Waals surface area contributed by atoms with Gasteiger partial charge in [-0.05, 0) is 31.4 Å². The minimum Gasteiger partial charge on any atom is -0.467 e. The van der Waals surface area contributed by atoms with Gasteiger partial charge in [0.2, 0.25) is 0 Å². The number of carbonyl (C=O) groups excluding carboxylic acids is 1. The Morgan fingerprint density at radius 2 is 2.26 bits per heavy atom. The molecule has 4 heteroatoms. The monoisotopic (exact) mass is 265 g/mol. The Morgan fingerprint density at radius 1 is 1.47 bits per heavy atom. The number of nitrogens with one attached hydrogen (secondary N) is 1. The number of esters is 1. The molecular weight excluding hydrogens is 242 g/mol. The molecule has 1 aromatic heterocycles. The predicted molar refractivity (Wildman–Crippen MR) is 72.9 cm³/mol. The number of carbonyl (C=O) groups is 1. The summed E-state index contributed by atoms with van der Waals surface area (Å²) in [6.45, 7) is 1.67. The molecule has 0 unspecified atom stereocenters. The maximum Gasteiger partial charge on any atom is 0.341 e. The maximum absolute atomic E-state index is 11.2. The molecule has 0 spiro atoms. The van der Waals surface area contributed by atoms with Crippen molar-refractivity contribution in [3.05, 3.63) is 23.7 Å². The van der Waals surface area contributed by atoms with Crippen LogP contribution in [0.15, 0.2) is 16.7 Å². The summed E-state index contributed by atoms with van der Waals surface area (Å²) < 4.78 is 9.93. The van der Waals surface area contributed by atoms with Crippen LogP contribution in [0.2, 0.25) is 0 Å². The lowest BCUT2D eigenvalue weighted by molar-refractivity contribution is 0.0600. The normalized spacial score (nSPS) is 15.8. The van der Waals surface area contributed by atoms with Gasteiger partial charge in [-0.15, -0.1) is 0 Å². The zero-order valence-electron chi connectivity index (χ0n) is 11.6. The number of ether oxygens (including phenoxy) is 1. The highest BCUT2D eigenvalue weighted by Crippen LogP contribution is 2.28. The zero-order chi connectivity index (χ0) is 13.5. The van der Waals surface area contributed by atoms with Crippen molar-refractivity contribution in [2.24, 2.45) is 5.92 Å². The molecule has 0 radical (unpaired) electrons. The van der Waals surface area contributed by atoms with Crippen LogP contribution in [0.4, 0.5) is 0 Å². The third-order valence-electron chi connectivity index (χ3n) is 3.81. The van der Waals surface area contributed by atoms with Gasteiger partial charge in [0, 0.05) is 0 Å². The van der Waals surface area contributed by atoms with E-state index in [0.717, 1.165) is 18.2 Å². The molecule has 0 bridgehead atoms. The summed E-state index contributed by atoms with van der Waals surface area (Å²) in [5, 5.41) is 3.35. The molecule has 19 heavy (non-hydrogen) atoms. The highest BCUT2D eigenvalue weighted by atomic mass is 16.5. The molecule has 1 aromatic rings. The molecule has 2 rings (SSSR count). The molecule has 1 heterocycles. The molecule has 1 aliphatic rings. The fourth-order valence-electron chi connectivity index (χ4n) is 2.72. The number of methoxy groups -OCH3 is 1. The van der Waals surface area contributed by atoms with Crippen LogP contribution in [-0.2, 0) is 11.3 Å². The van der Waals surface area contributed by atoms with E-state index in [9.17, 15) is 4.79 Å². The quantitative estimate of drug-likeness (QED) is 0.608. The van der Waals surface area contributed by atoms with Gasteiger partial charge in [-0.3, -0.25) is 0 Å². The molecule has 0 aromatic carbocycles. The van der Waals surface area contributed by atoms with Gasteiger partial charge in [0.1, 0.15) is 12.0 Å². The molecule has 1 fully saturated rings. The van der Waals surface area contributed by atoms with E-state index in [-0.39, 0.29) is 5.97 Å². The second-order valence-corrected chi connectivity index (χ2v) is 5.26. The molecule has 1 N–H and O–H groups in total. The van der Waals surface area contributed by atoms with E-state index in [4.69, 9.17) is 4.42 Å². The van der Waals surface area contributed by atoms with E-state index in [2.05, 4.69) is 10.1 Å². The number of rotatable bonds is 7. The average molecular weight is 265 g/mol. The molecule has 1 saturated carbocycles. The Morgan fingerprint density at radius 3 is 3.00 bits per heavy atom. The Kier molecular flexibility index (Phi) is 5.45. The molecule has 0 atom stereocenters. The highest BCUT2D eigenvalue weighted by Gasteiger charge is 2.14. The summed E-state index contributed by atoms with van der Waals surface area (Å²) in [6.07, 6.45) is 9.66. The lowest BCUT2D eigenvalue weighted by Crippen LogP contribution is -2.15. The van der Waals surface area contributed by atoms with Crippen LogP contribution >= 0.6 is 0 Å². The van der Waals surface area contributed by atoms with Gasteiger partial charge in [0.25, 0.3) is 0 Å². The number of furan rings is 1. The fraction of sp³-hybridized carbons (Fsp3) is 0.667. The minimum atomic E-state index is -0.351. The molecule has 0 amide bonds. The first-order chi connectivity index (χ1) is 9.29. The zero-order valence-corrected chi connectivity index (χ0v) is 11.6. The molecule has 1 aliphatic carbocycles. The maximum atomic E-state index is 11.2. The molecule has 106 valence electrons. The number of hydrogen-bond donors (Lipinski definition) is 1. The first kappa shape index (κ1) is 14.1. The van der Waals surface area contributed by atoms with Crippen molar-refractivity contribution in [2.75, 3.05) is 13.7 Å². The third kappa shape index (κ3) is 4.39. The second-order valence-electron chi connectivity index (χ2n) is 5.26. The molecule has 0 aliphatic heterocycles. The lowest BCUT2D eigenvalue weighted by atomic mass is 10.0. The average Bonchev–Trinajstić information content (AvgIpc) is 3.08. The van der Waals surface area contributed by atoms with Gasteiger partial charge in [-0.2, -0.15) is 0 Å². The van der Waals surface area contributed by atoms with Crippen molar-refractivity contribution in [3.63, 3.8) is 0 Å². The highest BCUT2D eigenvalue weighted by molar-refractivity contribution is 5.88. The summed E-state index contributed by atoms with van der Waals surface area (Å²) in [4.78, 5) is 11.2. The first-order valence-corrected chi connectivity index (χ1v) is 7.16. The van der Waals surface area contributed by atoms with Crippen LogP contribution in [0.3, 0.4) is 0 Å². The molecule has 0 saturated heterocycles. The van der Waals surface area contributed by atoms with Gasteiger partial charge < -0.3 is 14.5 Å². The van der Waals surface area contributed by atoms with E-state index in [1.165, 1.54) is 51.9 Å². The van der Waals surface area contributed by atoms with Crippen LogP contribution < -0.4 is 5.32 Å². The van der Waals surface area contributed by atoms with E-state index < -0.39 is 0 Å². The Balaban J connectivity index is 1.60. The van der Waals surface area contributed by atoms with Crippen molar-refractivity contribution >= 4 is 5.97 Å². The summed E-state index contributed by atoms with van der Waals surface area (Å²) in [6, 6.07) is 1.73. The van der Waals surface area contributed by atoms with Crippen molar-refractivity contribution in [1.29, 1.82) is 0 Å². The SMILES string of the molecule is COC(=O)c1coc(CNCCCC2CCCC2)c1. The smallest absolute Gasteiger partial charge is 0.341 e. The fourth-order valence-corrected chi connectivity index (χ4v) is 2.72. The number of hydrogen-bond acceptors (Lipinski definition) is 4. The van der Waals surface area contributed by atoms with E-state index in [1.54, 1.807) is 6.07 Å². The third-order valence-corrected chi connectivity index (χ3v) is 3.81. The van der Waals surface area contributed by atoms with Gasteiger partial charge >= 0.3 is 5.97 Å². The van der Waals surface area contributed by atoms with Crippen LogP contribution in [0.25, 0.3) is 0 Å². The van der Waals surface area contributed by atoms with Crippen molar-refractivity contribution in [1.82, 2.24) is 5.32 Å². The minimum absolute atomic E-state index is 0.351. The molecule has 4 nitrogen and oxygen atoms in total.